The molecule has 14 heavy (non-hydrogen) atoms. The Kier molecular flexibility index (Phi) is 3.34. The topological polar surface area (TPSA) is 66.8 Å². The lowest BCUT2D eigenvalue weighted by Gasteiger charge is -2.28. The van der Waals surface area contributed by atoms with E-state index in [0.29, 0.717) is 12.0 Å². The van der Waals surface area contributed by atoms with Crippen molar-refractivity contribution in [2.45, 2.75) is 17.4 Å². The lowest BCUT2D eigenvalue weighted by Crippen LogP contribution is -2.29. The predicted molar refractivity (Wildman–Crippen MR) is 54.3 cm³/mol. The summed E-state index contributed by atoms with van der Waals surface area (Å²) in [4.78, 5) is 10.5. The molecule has 4 nitrogen and oxygen atoms in total. The van der Waals surface area contributed by atoms with E-state index in [2.05, 4.69) is 15.9 Å². The number of aliphatic hydroxyl groups excluding tert-OH is 1. The molecule has 0 heterocycles. The fourth-order valence-electron chi connectivity index (χ4n) is 1.26. The first-order valence-electron chi connectivity index (χ1n) is 4.03. The zero-order valence-corrected chi connectivity index (χ0v) is 9.24. The number of methoxy groups -OCH3 is 1. The number of hydrogen-bond donors (Lipinski definition) is 2. The Morgan fingerprint density at radius 2 is 2.36 bits per heavy atom. The highest BCUT2D eigenvalue weighted by molar-refractivity contribution is 9.10. The molecule has 0 aromatic rings. The molecule has 0 radical (unpaired) electrons. The summed E-state index contributed by atoms with van der Waals surface area (Å²) in [6.45, 7) is 0. The molecule has 2 N–H and O–H groups in total. The average molecular weight is 263 g/mol. The van der Waals surface area contributed by atoms with Crippen LogP contribution in [0.3, 0.4) is 0 Å². The summed E-state index contributed by atoms with van der Waals surface area (Å²) in [6, 6.07) is 0. The molecule has 0 bridgehead atoms. The van der Waals surface area contributed by atoms with Crippen LogP contribution in [0.4, 0.5) is 0 Å². The van der Waals surface area contributed by atoms with Crippen molar-refractivity contribution < 1.29 is 19.7 Å². The zero-order chi connectivity index (χ0) is 10.8. The minimum atomic E-state index is -0.966. The minimum Gasteiger partial charge on any atom is -0.508 e. The molecule has 0 saturated heterocycles. The Hall–Kier alpha value is -0.810. The summed E-state index contributed by atoms with van der Waals surface area (Å²) < 4.78 is 4.10. The number of alkyl halides is 1. The number of hydrogen-bond acceptors (Lipinski definition) is 3. The zero-order valence-electron chi connectivity index (χ0n) is 7.66. The molecule has 78 valence electrons. The van der Waals surface area contributed by atoms with Gasteiger partial charge in [-0.15, -0.1) is 0 Å². The molecule has 5 heteroatoms. The van der Waals surface area contributed by atoms with Crippen molar-refractivity contribution in [1.29, 1.82) is 0 Å². The van der Waals surface area contributed by atoms with Crippen LogP contribution in [0.1, 0.15) is 12.8 Å². The highest BCUT2D eigenvalue weighted by Gasteiger charge is 2.34. The van der Waals surface area contributed by atoms with Crippen LogP contribution >= 0.6 is 15.9 Å². The third-order valence-corrected chi connectivity index (χ3v) is 3.03. The van der Waals surface area contributed by atoms with Crippen LogP contribution in [0, 0.1) is 0 Å². The first-order chi connectivity index (χ1) is 6.48. The number of aliphatic carboxylic acids is 1. The van der Waals surface area contributed by atoms with Gasteiger partial charge in [0.05, 0.1) is 6.42 Å². The molecule has 0 aromatic heterocycles. The van der Waals surface area contributed by atoms with Crippen LogP contribution in [-0.4, -0.2) is 27.8 Å². The maximum absolute atomic E-state index is 10.5. The van der Waals surface area contributed by atoms with Crippen molar-refractivity contribution in [2.24, 2.45) is 0 Å². The van der Waals surface area contributed by atoms with E-state index in [-0.39, 0.29) is 12.2 Å². The molecule has 1 atom stereocenters. The Labute approximate surface area is 90.0 Å². The fraction of sp³-hybridized carbons (Fsp3) is 0.444. The van der Waals surface area contributed by atoms with Crippen LogP contribution in [0.2, 0.25) is 0 Å². The van der Waals surface area contributed by atoms with Crippen LogP contribution in [0.25, 0.3) is 0 Å². The number of carbonyl (C=O) groups is 1. The van der Waals surface area contributed by atoms with E-state index >= 15 is 0 Å². The van der Waals surface area contributed by atoms with E-state index in [9.17, 15) is 9.90 Å². The second-order valence-corrected chi connectivity index (χ2v) is 4.34. The standard InChI is InChI=1S/C9H11BrO4/c1-14-9(10)5-6(4-8(12)13)2-3-7(9)11/h2-3,11H,4-5H2,1H3,(H,12,13). The van der Waals surface area contributed by atoms with E-state index in [1.165, 1.54) is 13.2 Å². The summed E-state index contributed by atoms with van der Waals surface area (Å²) in [6.07, 6.45) is 3.33. The Morgan fingerprint density at radius 1 is 1.71 bits per heavy atom. The van der Waals surface area contributed by atoms with Gasteiger partial charge >= 0.3 is 5.97 Å². The number of carboxylic acid groups (broad SMARTS) is 1. The number of aliphatic hydroxyl groups is 1. The average Bonchev–Trinajstić information content (AvgIpc) is 2.11. The maximum Gasteiger partial charge on any atom is 0.307 e. The minimum absolute atomic E-state index is 0.0412. The predicted octanol–water partition coefficient (Wildman–Crippen LogP) is 1.97. The largest absolute Gasteiger partial charge is 0.508 e. The summed E-state index contributed by atoms with van der Waals surface area (Å²) in [7, 11) is 1.45. The molecule has 0 saturated carbocycles. The molecule has 1 unspecified atom stereocenters. The first-order valence-corrected chi connectivity index (χ1v) is 4.82. The van der Waals surface area contributed by atoms with Crippen molar-refractivity contribution in [3.63, 3.8) is 0 Å². The second-order valence-electron chi connectivity index (χ2n) is 3.06. The van der Waals surface area contributed by atoms with Gasteiger partial charge in [-0.05, 0) is 22.0 Å². The fourth-order valence-corrected chi connectivity index (χ4v) is 1.75. The molecule has 1 rings (SSSR count). The van der Waals surface area contributed by atoms with Crippen LogP contribution in [-0.2, 0) is 9.53 Å². The van der Waals surface area contributed by atoms with E-state index in [1.807, 2.05) is 0 Å². The van der Waals surface area contributed by atoms with E-state index in [4.69, 9.17) is 9.84 Å². The van der Waals surface area contributed by atoms with Crippen molar-refractivity contribution in [3.8, 4) is 0 Å². The lowest BCUT2D eigenvalue weighted by molar-refractivity contribution is -0.136. The Morgan fingerprint density at radius 3 is 2.86 bits per heavy atom. The van der Waals surface area contributed by atoms with E-state index < -0.39 is 10.5 Å². The summed E-state index contributed by atoms with van der Waals surface area (Å²) in [5, 5.41) is 18.1. The number of allylic oxidation sites excluding steroid dienone is 2. The first kappa shape index (κ1) is 11.3. The molecule has 0 fully saturated rings. The number of ether oxygens (including phenoxy) is 1. The molecule has 0 amide bonds. The molecule has 1 aliphatic carbocycles. The van der Waals surface area contributed by atoms with Gasteiger partial charge in [-0.25, -0.2) is 0 Å². The van der Waals surface area contributed by atoms with Gasteiger partial charge in [-0.2, -0.15) is 0 Å². The highest BCUT2D eigenvalue weighted by atomic mass is 79.9. The molecular formula is C9H11BrO4. The summed E-state index contributed by atoms with van der Waals surface area (Å²) >= 11 is 3.22. The molecule has 1 aliphatic rings. The van der Waals surface area contributed by atoms with Crippen molar-refractivity contribution in [2.75, 3.05) is 7.11 Å². The van der Waals surface area contributed by atoms with Gasteiger partial charge in [0.2, 0.25) is 0 Å². The Bertz CT molecular complexity index is 308. The molecule has 0 aromatic carbocycles. The molecule has 0 spiro atoms. The highest BCUT2D eigenvalue weighted by Crippen LogP contribution is 2.37. The van der Waals surface area contributed by atoms with Gasteiger partial charge in [-0.1, -0.05) is 11.6 Å². The van der Waals surface area contributed by atoms with E-state index in [1.54, 1.807) is 6.08 Å². The van der Waals surface area contributed by atoms with Crippen molar-refractivity contribution in [3.05, 3.63) is 23.5 Å². The third kappa shape index (κ3) is 2.36. The van der Waals surface area contributed by atoms with Crippen LogP contribution < -0.4 is 0 Å². The number of rotatable bonds is 3. The van der Waals surface area contributed by atoms with Gasteiger partial charge in [0.15, 0.2) is 4.51 Å². The maximum atomic E-state index is 10.5. The number of carboxylic acids is 1. The van der Waals surface area contributed by atoms with Crippen molar-refractivity contribution >= 4 is 21.9 Å². The monoisotopic (exact) mass is 262 g/mol. The lowest BCUT2D eigenvalue weighted by atomic mass is 9.98. The van der Waals surface area contributed by atoms with Gasteiger partial charge in [0.1, 0.15) is 5.76 Å². The number of halogens is 1. The van der Waals surface area contributed by atoms with Gasteiger partial charge in [0.25, 0.3) is 0 Å². The van der Waals surface area contributed by atoms with Crippen LogP contribution in [0.5, 0.6) is 0 Å². The van der Waals surface area contributed by atoms with Gasteiger partial charge < -0.3 is 14.9 Å². The van der Waals surface area contributed by atoms with E-state index in [0.717, 1.165) is 0 Å². The Balaban J connectivity index is 2.81. The molecular weight excluding hydrogens is 252 g/mol. The summed E-state index contributed by atoms with van der Waals surface area (Å²) in [5.74, 6) is -0.842. The van der Waals surface area contributed by atoms with Crippen LogP contribution in [0.15, 0.2) is 23.5 Å². The molecule has 0 aliphatic heterocycles. The summed E-state index contributed by atoms with van der Waals surface area (Å²) in [5.41, 5.74) is 0.703. The second kappa shape index (κ2) is 4.14. The quantitative estimate of drug-likeness (QED) is 0.764. The normalized spacial score (nSPS) is 26.7. The SMILES string of the molecule is COC1(Br)CC(CC(=O)O)=CC=C1O. The smallest absolute Gasteiger partial charge is 0.307 e. The third-order valence-electron chi connectivity index (χ3n) is 2.02. The van der Waals surface area contributed by atoms with Gasteiger partial charge in [-0.3, -0.25) is 4.79 Å². The van der Waals surface area contributed by atoms with Gasteiger partial charge in [0, 0.05) is 13.5 Å². The van der Waals surface area contributed by atoms with Crippen molar-refractivity contribution in [1.82, 2.24) is 0 Å².